The number of nitrogens with one attached hydrogen (secondary N) is 2. The number of carbonyl (C=O) groups is 1. The van der Waals surface area contributed by atoms with Crippen molar-refractivity contribution < 1.29 is 14.4 Å². The molecule has 3 rings (SSSR count). The van der Waals surface area contributed by atoms with E-state index in [0.29, 0.717) is 24.3 Å². The Labute approximate surface area is 173 Å². The number of carbonyl (C=O) groups excluding carboxylic acids is 1. The third-order valence-corrected chi connectivity index (χ3v) is 6.08. The Hall–Kier alpha value is -1.86. The molecule has 0 bridgehead atoms. The Bertz CT molecular complexity index is 663. The highest BCUT2D eigenvalue weighted by atomic mass is 32.1. The number of rotatable bonds is 4. The third-order valence-electron chi connectivity index (χ3n) is 5.72. The number of amides is 1. The van der Waals surface area contributed by atoms with Gasteiger partial charge in [0.25, 0.3) is 5.91 Å². The molecule has 2 saturated heterocycles. The highest BCUT2D eigenvalue weighted by Gasteiger charge is 2.29. The summed E-state index contributed by atoms with van der Waals surface area (Å²) in [6.07, 6.45) is 1.23. The molecular weight excluding hydrogens is 372 g/mol. The lowest BCUT2D eigenvalue weighted by Gasteiger charge is -2.37. The van der Waals surface area contributed by atoms with Crippen LogP contribution in [0.5, 0.6) is 5.75 Å². The Morgan fingerprint density at radius 3 is 2.32 bits per heavy atom. The van der Waals surface area contributed by atoms with Crippen LogP contribution in [0.4, 0.5) is 5.69 Å². The number of quaternary nitrogens is 1. The highest BCUT2D eigenvalue weighted by Crippen LogP contribution is 2.20. The van der Waals surface area contributed by atoms with Crippen molar-refractivity contribution in [3.63, 3.8) is 0 Å². The fraction of sp³-hybridized carbons (Fsp3) is 0.619. The quantitative estimate of drug-likeness (QED) is 0.735. The SMILES string of the molecule is COc1ccc(NC(=S)N2CC[NH+](CC(=O)N3C[C@H](C)C[C@H](C)C3)CC2)cc1. The summed E-state index contributed by atoms with van der Waals surface area (Å²) < 4.78 is 5.18. The standard InChI is InChI=1S/C21H32N4O2S/c1-16-12-17(2)14-25(13-16)20(26)15-23-8-10-24(11-9-23)21(28)22-18-4-6-19(27-3)7-5-18/h4-7,16-17H,8-15H2,1-3H3,(H,22,28)/p+1/t16-,17+. The summed E-state index contributed by atoms with van der Waals surface area (Å²) in [5.74, 6) is 2.36. The number of thiocarbonyl (C=S) groups is 1. The maximum absolute atomic E-state index is 12.7. The molecular formula is C21H33N4O2S+. The molecule has 0 aromatic heterocycles. The summed E-state index contributed by atoms with van der Waals surface area (Å²) in [4.78, 5) is 18.3. The largest absolute Gasteiger partial charge is 0.497 e. The second-order valence-electron chi connectivity index (χ2n) is 8.32. The number of benzene rings is 1. The number of nitrogens with zero attached hydrogens (tertiary/aromatic N) is 2. The molecule has 1 amide bonds. The molecule has 2 aliphatic rings. The molecule has 0 unspecified atom stereocenters. The average Bonchev–Trinajstić information content (AvgIpc) is 2.68. The minimum absolute atomic E-state index is 0.306. The zero-order chi connectivity index (χ0) is 20.1. The van der Waals surface area contributed by atoms with Gasteiger partial charge >= 0.3 is 0 Å². The molecule has 0 aliphatic carbocycles. The van der Waals surface area contributed by atoms with Crippen LogP contribution in [0.25, 0.3) is 0 Å². The molecule has 0 saturated carbocycles. The van der Waals surface area contributed by atoms with Gasteiger partial charge in [0.05, 0.1) is 33.3 Å². The van der Waals surface area contributed by atoms with Crippen LogP contribution >= 0.6 is 12.2 Å². The van der Waals surface area contributed by atoms with E-state index >= 15 is 0 Å². The second-order valence-corrected chi connectivity index (χ2v) is 8.70. The van der Waals surface area contributed by atoms with Crippen LogP contribution in [0.15, 0.2) is 24.3 Å². The summed E-state index contributed by atoms with van der Waals surface area (Å²) in [6, 6.07) is 7.76. The first-order valence-corrected chi connectivity index (χ1v) is 10.7. The van der Waals surface area contributed by atoms with Gasteiger partial charge in [0.1, 0.15) is 5.75 Å². The fourth-order valence-corrected chi connectivity index (χ4v) is 4.57. The van der Waals surface area contributed by atoms with E-state index in [4.69, 9.17) is 17.0 Å². The van der Waals surface area contributed by atoms with Gasteiger partial charge in [0.2, 0.25) is 0 Å². The van der Waals surface area contributed by atoms with E-state index in [1.807, 2.05) is 24.3 Å². The van der Waals surface area contributed by atoms with Crippen molar-refractivity contribution in [3.8, 4) is 5.75 Å². The molecule has 2 aliphatic heterocycles. The third kappa shape index (κ3) is 5.58. The summed E-state index contributed by atoms with van der Waals surface area (Å²) in [5, 5.41) is 4.04. The van der Waals surface area contributed by atoms with Crippen LogP contribution in [0.1, 0.15) is 20.3 Å². The molecule has 1 aromatic carbocycles. The molecule has 154 valence electrons. The predicted molar refractivity (Wildman–Crippen MR) is 116 cm³/mol. The Kier molecular flexibility index (Phi) is 7.13. The maximum atomic E-state index is 12.7. The number of hydrogen-bond acceptors (Lipinski definition) is 3. The number of ether oxygens (including phenoxy) is 1. The van der Waals surface area contributed by atoms with Gasteiger partial charge in [-0.05, 0) is 54.7 Å². The predicted octanol–water partition coefficient (Wildman–Crippen LogP) is 1.10. The molecule has 7 heteroatoms. The molecule has 2 atom stereocenters. The van der Waals surface area contributed by atoms with Gasteiger partial charge in [-0.25, -0.2) is 0 Å². The molecule has 1 aromatic rings. The van der Waals surface area contributed by atoms with E-state index in [1.54, 1.807) is 7.11 Å². The van der Waals surface area contributed by atoms with Crippen molar-refractivity contribution >= 4 is 28.9 Å². The first kappa shape index (κ1) is 20.9. The van der Waals surface area contributed by atoms with Crippen LogP contribution in [-0.2, 0) is 4.79 Å². The van der Waals surface area contributed by atoms with Crippen LogP contribution in [0.2, 0.25) is 0 Å². The van der Waals surface area contributed by atoms with Gasteiger partial charge in [-0.1, -0.05) is 13.8 Å². The van der Waals surface area contributed by atoms with Gasteiger partial charge < -0.3 is 24.8 Å². The van der Waals surface area contributed by atoms with Crippen molar-refractivity contribution in [2.75, 3.05) is 58.2 Å². The Balaban J connectivity index is 1.43. The smallest absolute Gasteiger partial charge is 0.277 e. The van der Waals surface area contributed by atoms with E-state index in [9.17, 15) is 4.79 Å². The Morgan fingerprint density at radius 1 is 1.14 bits per heavy atom. The number of piperidine rings is 1. The van der Waals surface area contributed by atoms with Crippen LogP contribution in [-0.4, -0.2) is 73.7 Å². The fourth-order valence-electron chi connectivity index (χ4n) is 4.27. The molecule has 2 fully saturated rings. The van der Waals surface area contributed by atoms with Crippen molar-refractivity contribution in [2.45, 2.75) is 20.3 Å². The second kappa shape index (κ2) is 9.56. The Morgan fingerprint density at radius 2 is 1.75 bits per heavy atom. The molecule has 2 N–H and O–H groups in total. The van der Waals surface area contributed by atoms with Gasteiger partial charge in [0.15, 0.2) is 11.7 Å². The van der Waals surface area contributed by atoms with Crippen molar-refractivity contribution in [3.05, 3.63) is 24.3 Å². The topological polar surface area (TPSA) is 49.3 Å². The van der Waals surface area contributed by atoms with Crippen LogP contribution in [0.3, 0.4) is 0 Å². The van der Waals surface area contributed by atoms with Gasteiger partial charge in [0, 0.05) is 18.8 Å². The van der Waals surface area contributed by atoms with E-state index in [0.717, 1.165) is 55.8 Å². The van der Waals surface area contributed by atoms with E-state index < -0.39 is 0 Å². The lowest BCUT2D eigenvalue weighted by molar-refractivity contribution is -0.896. The first-order chi connectivity index (χ1) is 13.4. The highest BCUT2D eigenvalue weighted by molar-refractivity contribution is 7.80. The zero-order valence-electron chi connectivity index (χ0n) is 17.2. The summed E-state index contributed by atoms with van der Waals surface area (Å²) >= 11 is 5.57. The zero-order valence-corrected chi connectivity index (χ0v) is 18.1. The van der Waals surface area contributed by atoms with Crippen LogP contribution < -0.4 is 15.0 Å². The van der Waals surface area contributed by atoms with Crippen molar-refractivity contribution in [2.24, 2.45) is 11.8 Å². The first-order valence-electron chi connectivity index (χ1n) is 10.3. The summed E-state index contributed by atoms with van der Waals surface area (Å²) in [7, 11) is 1.66. The summed E-state index contributed by atoms with van der Waals surface area (Å²) in [5.41, 5.74) is 0.962. The number of hydrogen-bond donors (Lipinski definition) is 2. The van der Waals surface area contributed by atoms with E-state index in [1.165, 1.54) is 11.3 Å². The van der Waals surface area contributed by atoms with Crippen molar-refractivity contribution in [1.29, 1.82) is 0 Å². The lowest BCUT2D eigenvalue weighted by atomic mass is 9.92. The van der Waals surface area contributed by atoms with Crippen molar-refractivity contribution in [1.82, 2.24) is 9.80 Å². The maximum Gasteiger partial charge on any atom is 0.277 e. The van der Waals surface area contributed by atoms with Crippen LogP contribution in [0, 0.1) is 11.8 Å². The van der Waals surface area contributed by atoms with E-state index in [2.05, 4.69) is 29.0 Å². The van der Waals surface area contributed by atoms with Gasteiger partial charge in [-0.2, -0.15) is 0 Å². The normalized spacial score (nSPS) is 23.4. The number of likely N-dealkylation sites (tertiary alicyclic amines) is 1. The monoisotopic (exact) mass is 405 g/mol. The molecule has 6 nitrogen and oxygen atoms in total. The number of anilines is 1. The lowest BCUT2D eigenvalue weighted by Crippen LogP contribution is -3.15. The molecule has 28 heavy (non-hydrogen) atoms. The summed E-state index contributed by atoms with van der Waals surface area (Å²) in [6.45, 7) is 10.6. The minimum Gasteiger partial charge on any atom is -0.497 e. The average molecular weight is 406 g/mol. The molecule has 2 heterocycles. The molecule has 0 radical (unpaired) electrons. The van der Waals surface area contributed by atoms with E-state index in [-0.39, 0.29) is 0 Å². The molecule has 0 spiro atoms. The number of methoxy groups -OCH3 is 1. The number of piperazine rings is 1. The van der Waals surface area contributed by atoms with Gasteiger partial charge in [-0.3, -0.25) is 4.79 Å². The minimum atomic E-state index is 0.306. The van der Waals surface area contributed by atoms with Gasteiger partial charge in [-0.15, -0.1) is 0 Å².